The summed E-state index contributed by atoms with van der Waals surface area (Å²) in [6, 6.07) is 0. The molecule has 0 radical (unpaired) electrons. The van der Waals surface area contributed by atoms with Crippen molar-refractivity contribution in [1.82, 2.24) is 0 Å². The molecule has 0 saturated carbocycles. The van der Waals surface area contributed by atoms with Crippen molar-refractivity contribution in [2.45, 2.75) is 20.3 Å². The fraction of sp³-hybridized carbons (Fsp3) is 0.714. The molecular formula is C7H12O6. The average Bonchev–Trinajstić information content (AvgIpc) is 2.05. The highest BCUT2D eigenvalue weighted by Gasteiger charge is 2.12. The zero-order chi connectivity index (χ0) is 10.1. The van der Waals surface area contributed by atoms with Crippen LogP contribution in [0.4, 0.5) is 9.59 Å². The Morgan fingerprint density at radius 1 is 1.15 bits per heavy atom. The maximum Gasteiger partial charge on any atom is 0.550 e. The summed E-state index contributed by atoms with van der Waals surface area (Å²) in [4.78, 5) is 29.4. The van der Waals surface area contributed by atoms with Crippen molar-refractivity contribution in [2.24, 2.45) is 0 Å². The second-order valence-corrected chi connectivity index (χ2v) is 1.94. The SMILES string of the molecule is CCCOOC(=O)OC(=O)OCC. The lowest BCUT2D eigenvalue weighted by Gasteiger charge is -2.02. The molecule has 0 aromatic heterocycles. The van der Waals surface area contributed by atoms with E-state index in [0.29, 0.717) is 6.42 Å². The van der Waals surface area contributed by atoms with E-state index in [1.165, 1.54) is 0 Å². The maximum atomic E-state index is 10.5. The van der Waals surface area contributed by atoms with Gasteiger partial charge >= 0.3 is 12.3 Å². The quantitative estimate of drug-likeness (QED) is 0.222. The Labute approximate surface area is 75.6 Å². The zero-order valence-corrected chi connectivity index (χ0v) is 7.57. The fourth-order valence-corrected chi connectivity index (χ4v) is 0.405. The molecule has 0 saturated heterocycles. The summed E-state index contributed by atoms with van der Waals surface area (Å²) in [6.45, 7) is 3.79. The van der Waals surface area contributed by atoms with Crippen LogP contribution in [0.5, 0.6) is 0 Å². The van der Waals surface area contributed by atoms with Gasteiger partial charge in [-0.15, -0.1) is 0 Å². The van der Waals surface area contributed by atoms with Crippen LogP contribution in [0.3, 0.4) is 0 Å². The van der Waals surface area contributed by atoms with E-state index in [9.17, 15) is 9.59 Å². The van der Waals surface area contributed by atoms with Gasteiger partial charge in [-0.1, -0.05) is 6.92 Å². The molecule has 0 atom stereocenters. The monoisotopic (exact) mass is 192 g/mol. The van der Waals surface area contributed by atoms with E-state index < -0.39 is 12.3 Å². The molecule has 0 amide bonds. The van der Waals surface area contributed by atoms with Gasteiger partial charge in [0, 0.05) is 0 Å². The van der Waals surface area contributed by atoms with Gasteiger partial charge in [0.25, 0.3) is 0 Å². The Kier molecular flexibility index (Phi) is 6.62. The second kappa shape index (κ2) is 7.35. The molecule has 0 aromatic carbocycles. The van der Waals surface area contributed by atoms with Crippen molar-refractivity contribution in [1.29, 1.82) is 0 Å². The van der Waals surface area contributed by atoms with Gasteiger partial charge in [0.05, 0.1) is 13.2 Å². The van der Waals surface area contributed by atoms with Gasteiger partial charge in [-0.3, -0.25) is 4.89 Å². The molecule has 0 spiro atoms. The molecule has 6 nitrogen and oxygen atoms in total. The summed E-state index contributed by atoms with van der Waals surface area (Å²) >= 11 is 0. The molecule has 6 heteroatoms. The average molecular weight is 192 g/mol. The molecule has 0 N–H and O–H groups in total. The lowest BCUT2D eigenvalue weighted by Crippen LogP contribution is -2.15. The third-order valence-electron chi connectivity index (χ3n) is 0.843. The van der Waals surface area contributed by atoms with Crippen molar-refractivity contribution in [2.75, 3.05) is 13.2 Å². The first kappa shape index (κ1) is 11.7. The standard InChI is InChI=1S/C7H12O6/c1-3-5-11-13-7(9)12-6(8)10-4-2/h3-5H2,1-2H3. The van der Waals surface area contributed by atoms with Gasteiger partial charge in [0.1, 0.15) is 0 Å². The number of carbonyl (C=O) groups excluding carboxylic acids is 2. The van der Waals surface area contributed by atoms with Crippen LogP contribution in [-0.4, -0.2) is 25.5 Å². The first-order valence-electron chi connectivity index (χ1n) is 3.88. The maximum absolute atomic E-state index is 10.5. The number of carbonyl (C=O) groups is 2. The van der Waals surface area contributed by atoms with E-state index in [0.717, 1.165) is 0 Å². The van der Waals surface area contributed by atoms with Crippen molar-refractivity contribution >= 4 is 12.3 Å². The molecule has 0 heterocycles. The molecule has 76 valence electrons. The van der Waals surface area contributed by atoms with Crippen LogP contribution in [0.15, 0.2) is 0 Å². The first-order chi connectivity index (χ1) is 6.20. The zero-order valence-electron chi connectivity index (χ0n) is 7.57. The Morgan fingerprint density at radius 2 is 1.85 bits per heavy atom. The van der Waals surface area contributed by atoms with Crippen LogP contribution in [0.1, 0.15) is 20.3 Å². The molecule has 0 rings (SSSR count). The molecule has 0 aliphatic carbocycles. The van der Waals surface area contributed by atoms with Crippen molar-refractivity contribution in [3.05, 3.63) is 0 Å². The fourth-order valence-electron chi connectivity index (χ4n) is 0.405. The Balaban J connectivity index is 3.44. The number of hydrogen-bond donors (Lipinski definition) is 0. The minimum Gasteiger partial charge on any atom is -0.434 e. The smallest absolute Gasteiger partial charge is 0.434 e. The lowest BCUT2D eigenvalue weighted by atomic mass is 10.5. The summed E-state index contributed by atoms with van der Waals surface area (Å²) in [7, 11) is 0. The third kappa shape index (κ3) is 7.07. The van der Waals surface area contributed by atoms with E-state index in [1.54, 1.807) is 6.92 Å². The Morgan fingerprint density at radius 3 is 2.38 bits per heavy atom. The van der Waals surface area contributed by atoms with E-state index in [4.69, 9.17) is 0 Å². The third-order valence-corrected chi connectivity index (χ3v) is 0.843. The summed E-state index contributed by atoms with van der Waals surface area (Å²) in [6.07, 6.45) is -1.65. The van der Waals surface area contributed by atoms with Gasteiger partial charge in [-0.2, -0.15) is 4.89 Å². The lowest BCUT2D eigenvalue weighted by molar-refractivity contribution is -0.251. The van der Waals surface area contributed by atoms with Crippen LogP contribution in [0, 0.1) is 0 Å². The van der Waals surface area contributed by atoms with E-state index in [-0.39, 0.29) is 13.2 Å². The molecule has 0 unspecified atom stereocenters. The van der Waals surface area contributed by atoms with Gasteiger partial charge in [0.2, 0.25) is 0 Å². The highest BCUT2D eigenvalue weighted by Crippen LogP contribution is 1.92. The van der Waals surface area contributed by atoms with Crippen molar-refractivity contribution < 1.29 is 28.8 Å². The van der Waals surface area contributed by atoms with Gasteiger partial charge in [-0.05, 0) is 13.3 Å². The topological polar surface area (TPSA) is 71.1 Å². The predicted octanol–water partition coefficient (Wildman–Crippen LogP) is 1.64. The number of ether oxygens (including phenoxy) is 2. The molecule has 13 heavy (non-hydrogen) atoms. The summed E-state index contributed by atoms with van der Waals surface area (Å²) in [5.41, 5.74) is 0. The normalized spacial score (nSPS) is 9.08. The summed E-state index contributed by atoms with van der Waals surface area (Å²) in [5.74, 6) is 0. The van der Waals surface area contributed by atoms with E-state index in [2.05, 4.69) is 19.2 Å². The molecular weight excluding hydrogens is 180 g/mol. The molecule has 0 aliphatic heterocycles. The molecule has 0 fully saturated rings. The summed E-state index contributed by atoms with van der Waals surface area (Å²) < 4.78 is 8.29. The highest BCUT2D eigenvalue weighted by molar-refractivity contribution is 5.76. The number of rotatable bonds is 4. The predicted molar refractivity (Wildman–Crippen MR) is 40.8 cm³/mol. The van der Waals surface area contributed by atoms with Crippen LogP contribution in [-0.2, 0) is 19.2 Å². The Hall–Kier alpha value is -1.30. The van der Waals surface area contributed by atoms with Gasteiger partial charge < -0.3 is 9.47 Å². The summed E-state index contributed by atoms with van der Waals surface area (Å²) in [5, 5.41) is 0. The van der Waals surface area contributed by atoms with Gasteiger partial charge in [0.15, 0.2) is 0 Å². The van der Waals surface area contributed by atoms with Crippen LogP contribution in [0.2, 0.25) is 0 Å². The van der Waals surface area contributed by atoms with E-state index in [1.807, 2.05) is 6.92 Å². The molecule has 0 aliphatic rings. The van der Waals surface area contributed by atoms with Crippen molar-refractivity contribution in [3.8, 4) is 0 Å². The minimum atomic E-state index is -1.23. The second-order valence-electron chi connectivity index (χ2n) is 1.94. The number of hydrogen-bond acceptors (Lipinski definition) is 6. The largest absolute Gasteiger partial charge is 0.550 e. The highest BCUT2D eigenvalue weighted by atomic mass is 17.2. The first-order valence-corrected chi connectivity index (χ1v) is 3.88. The van der Waals surface area contributed by atoms with Gasteiger partial charge in [-0.25, -0.2) is 9.59 Å². The van der Waals surface area contributed by atoms with Crippen LogP contribution < -0.4 is 0 Å². The van der Waals surface area contributed by atoms with Crippen molar-refractivity contribution in [3.63, 3.8) is 0 Å². The minimum absolute atomic E-state index is 0.127. The molecule has 0 aromatic rings. The van der Waals surface area contributed by atoms with E-state index >= 15 is 0 Å². The molecule has 0 bridgehead atoms. The van der Waals surface area contributed by atoms with Crippen LogP contribution in [0.25, 0.3) is 0 Å². The Bertz CT molecular complexity index is 166. The van der Waals surface area contributed by atoms with Crippen LogP contribution >= 0.6 is 0 Å².